The van der Waals surface area contributed by atoms with Gasteiger partial charge in [-0.15, -0.1) is 0 Å². The van der Waals surface area contributed by atoms with Crippen molar-refractivity contribution in [1.29, 1.82) is 0 Å². The molecule has 0 fully saturated rings. The van der Waals surface area contributed by atoms with Gasteiger partial charge in [-0.1, -0.05) is 41.9 Å². The molecular formula is C27H26ClNO4. The number of rotatable bonds is 7. The molecule has 1 atom stereocenters. The quantitative estimate of drug-likeness (QED) is 0.434. The fourth-order valence-corrected chi connectivity index (χ4v) is 4.48. The minimum Gasteiger partial charge on any atom is -0.493 e. The first-order chi connectivity index (χ1) is 16.0. The highest BCUT2D eigenvalue weighted by Crippen LogP contribution is 2.41. The van der Waals surface area contributed by atoms with Crippen LogP contribution in [0.1, 0.15) is 45.9 Å². The van der Waals surface area contributed by atoms with E-state index in [2.05, 4.69) is 0 Å². The number of carbonyl (C=O) groups excluding carboxylic acids is 2. The van der Waals surface area contributed by atoms with Crippen LogP contribution >= 0.6 is 11.6 Å². The summed E-state index contributed by atoms with van der Waals surface area (Å²) in [4.78, 5) is 27.8. The van der Waals surface area contributed by atoms with E-state index in [9.17, 15) is 9.59 Å². The van der Waals surface area contributed by atoms with Crippen molar-refractivity contribution in [3.63, 3.8) is 0 Å². The molecule has 1 unspecified atom stereocenters. The highest BCUT2D eigenvalue weighted by molar-refractivity contribution is 6.30. The lowest BCUT2D eigenvalue weighted by molar-refractivity contribution is -0.133. The molecule has 3 aromatic rings. The van der Waals surface area contributed by atoms with Gasteiger partial charge in [0, 0.05) is 30.0 Å². The van der Waals surface area contributed by atoms with Gasteiger partial charge in [-0.05, 0) is 59.5 Å². The van der Waals surface area contributed by atoms with Gasteiger partial charge in [-0.25, -0.2) is 0 Å². The largest absolute Gasteiger partial charge is 0.493 e. The maximum Gasteiger partial charge on any atom is 0.223 e. The van der Waals surface area contributed by atoms with Gasteiger partial charge in [0.2, 0.25) is 5.91 Å². The first-order valence-electron chi connectivity index (χ1n) is 10.9. The average Bonchev–Trinajstić information content (AvgIpc) is 2.86. The van der Waals surface area contributed by atoms with E-state index in [-0.39, 0.29) is 30.6 Å². The number of hydrogen-bond donors (Lipinski definition) is 0. The number of benzene rings is 3. The number of Topliss-reactive ketones (excluding diaryl/α,β-unsaturated/α-hetero) is 1. The number of fused-ring (bicyclic) bond motifs is 1. The van der Waals surface area contributed by atoms with Crippen LogP contribution in [0, 0.1) is 0 Å². The molecular weight excluding hydrogens is 438 g/mol. The van der Waals surface area contributed by atoms with Gasteiger partial charge in [0.15, 0.2) is 17.3 Å². The van der Waals surface area contributed by atoms with Crippen LogP contribution < -0.4 is 9.47 Å². The summed E-state index contributed by atoms with van der Waals surface area (Å²) in [5, 5.41) is 0.576. The first kappa shape index (κ1) is 22.9. The first-order valence-corrected chi connectivity index (χ1v) is 11.3. The van der Waals surface area contributed by atoms with Gasteiger partial charge >= 0.3 is 0 Å². The van der Waals surface area contributed by atoms with Gasteiger partial charge < -0.3 is 14.4 Å². The smallest absolute Gasteiger partial charge is 0.223 e. The lowest BCUT2D eigenvalue weighted by Gasteiger charge is -2.38. The molecule has 0 aromatic heterocycles. The molecule has 6 heteroatoms. The van der Waals surface area contributed by atoms with Gasteiger partial charge in [0.25, 0.3) is 0 Å². The number of hydrogen-bond acceptors (Lipinski definition) is 4. The molecule has 1 amide bonds. The number of carbonyl (C=O) groups is 2. The SMILES string of the molecule is COc1cc2c(cc1OC)C(c1ccccc1)N(C(=O)CCC(=O)c1ccc(Cl)cc1)CC2. The maximum atomic E-state index is 13.4. The molecule has 5 nitrogen and oxygen atoms in total. The zero-order chi connectivity index (χ0) is 23.4. The Bertz CT molecular complexity index is 1140. The van der Waals surface area contributed by atoms with Gasteiger partial charge in [0.05, 0.1) is 20.3 Å². The van der Waals surface area contributed by atoms with Crippen LogP contribution in [0.25, 0.3) is 0 Å². The number of methoxy groups -OCH3 is 2. The van der Waals surface area contributed by atoms with Crippen LogP contribution in [-0.2, 0) is 11.2 Å². The third-order valence-corrected chi connectivity index (χ3v) is 6.29. The minimum absolute atomic E-state index is 0.0494. The summed E-state index contributed by atoms with van der Waals surface area (Å²) in [6.45, 7) is 0.565. The second-order valence-corrected chi connectivity index (χ2v) is 8.42. The number of ketones is 1. The number of nitrogens with zero attached hydrogens (tertiary/aromatic N) is 1. The topological polar surface area (TPSA) is 55.8 Å². The molecule has 0 aliphatic carbocycles. The summed E-state index contributed by atoms with van der Waals surface area (Å²) >= 11 is 5.91. The van der Waals surface area contributed by atoms with E-state index in [0.717, 1.165) is 16.7 Å². The Morgan fingerprint density at radius 3 is 2.27 bits per heavy atom. The lowest BCUT2D eigenvalue weighted by atomic mass is 9.87. The summed E-state index contributed by atoms with van der Waals surface area (Å²) in [7, 11) is 3.23. The van der Waals surface area contributed by atoms with Crippen molar-refractivity contribution in [2.45, 2.75) is 25.3 Å². The molecule has 0 spiro atoms. The van der Waals surface area contributed by atoms with Crippen molar-refractivity contribution >= 4 is 23.3 Å². The molecule has 1 aliphatic rings. The third-order valence-electron chi connectivity index (χ3n) is 6.04. The lowest BCUT2D eigenvalue weighted by Crippen LogP contribution is -2.40. The standard InChI is InChI=1S/C27H26ClNO4/c1-32-24-16-20-14-15-29(26(31)13-12-23(30)18-8-10-21(28)11-9-18)27(19-6-4-3-5-7-19)22(20)17-25(24)33-2/h3-11,16-17,27H,12-15H2,1-2H3. The molecule has 170 valence electrons. The number of ether oxygens (including phenoxy) is 2. The molecule has 0 saturated carbocycles. The molecule has 0 N–H and O–H groups in total. The predicted octanol–water partition coefficient (Wildman–Crippen LogP) is 5.49. The van der Waals surface area contributed by atoms with Crippen molar-refractivity contribution in [2.75, 3.05) is 20.8 Å². The van der Waals surface area contributed by atoms with E-state index in [0.29, 0.717) is 35.1 Å². The maximum absolute atomic E-state index is 13.4. The molecule has 1 heterocycles. The van der Waals surface area contributed by atoms with Gasteiger partial charge in [-0.2, -0.15) is 0 Å². The van der Waals surface area contributed by atoms with Crippen LogP contribution in [0.3, 0.4) is 0 Å². The zero-order valence-corrected chi connectivity index (χ0v) is 19.5. The molecule has 1 aliphatic heterocycles. The van der Waals surface area contributed by atoms with Crippen molar-refractivity contribution in [1.82, 2.24) is 4.90 Å². The highest BCUT2D eigenvalue weighted by Gasteiger charge is 2.33. The van der Waals surface area contributed by atoms with Crippen molar-refractivity contribution in [3.05, 3.63) is 94.0 Å². The fraction of sp³-hybridized carbons (Fsp3) is 0.259. The van der Waals surface area contributed by atoms with Crippen LogP contribution in [-0.4, -0.2) is 37.4 Å². The van der Waals surface area contributed by atoms with E-state index in [1.54, 1.807) is 38.5 Å². The molecule has 0 saturated heterocycles. The van der Waals surface area contributed by atoms with Crippen molar-refractivity contribution < 1.29 is 19.1 Å². The molecule has 3 aromatic carbocycles. The van der Waals surface area contributed by atoms with Crippen molar-refractivity contribution in [3.8, 4) is 11.5 Å². The molecule has 0 radical (unpaired) electrons. The molecule has 0 bridgehead atoms. The Labute approximate surface area is 198 Å². The second kappa shape index (κ2) is 10.1. The minimum atomic E-state index is -0.257. The Morgan fingerprint density at radius 1 is 0.939 bits per heavy atom. The Kier molecular flexibility index (Phi) is 6.99. The predicted molar refractivity (Wildman–Crippen MR) is 128 cm³/mol. The van der Waals surface area contributed by atoms with Crippen LogP contribution in [0.2, 0.25) is 5.02 Å². The van der Waals surface area contributed by atoms with E-state index < -0.39 is 0 Å². The van der Waals surface area contributed by atoms with E-state index >= 15 is 0 Å². The summed E-state index contributed by atoms with van der Waals surface area (Å²) in [6, 6.07) is 20.4. The average molecular weight is 464 g/mol. The Balaban J connectivity index is 1.61. The second-order valence-electron chi connectivity index (χ2n) is 7.99. The summed E-state index contributed by atoms with van der Waals surface area (Å²) in [6.07, 6.45) is 1.00. The number of halogens is 1. The number of amides is 1. The molecule has 33 heavy (non-hydrogen) atoms. The third kappa shape index (κ3) is 4.88. The van der Waals surface area contributed by atoms with Gasteiger partial charge in [-0.3, -0.25) is 9.59 Å². The van der Waals surface area contributed by atoms with Crippen LogP contribution in [0.5, 0.6) is 11.5 Å². The fourth-order valence-electron chi connectivity index (χ4n) is 4.35. The summed E-state index contributed by atoms with van der Waals surface area (Å²) < 4.78 is 11.0. The monoisotopic (exact) mass is 463 g/mol. The Morgan fingerprint density at radius 2 is 1.61 bits per heavy atom. The summed E-state index contributed by atoms with van der Waals surface area (Å²) in [5.74, 6) is 1.19. The normalized spacial score (nSPS) is 15.0. The molecule has 4 rings (SSSR count). The van der Waals surface area contributed by atoms with Crippen molar-refractivity contribution in [2.24, 2.45) is 0 Å². The highest BCUT2D eigenvalue weighted by atomic mass is 35.5. The van der Waals surface area contributed by atoms with E-state index in [1.807, 2.05) is 47.4 Å². The van der Waals surface area contributed by atoms with Crippen LogP contribution in [0.4, 0.5) is 0 Å². The van der Waals surface area contributed by atoms with E-state index in [4.69, 9.17) is 21.1 Å². The summed E-state index contributed by atoms with van der Waals surface area (Å²) in [5.41, 5.74) is 3.72. The van der Waals surface area contributed by atoms with Crippen LogP contribution in [0.15, 0.2) is 66.7 Å². The van der Waals surface area contributed by atoms with Gasteiger partial charge in [0.1, 0.15) is 0 Å². The van der Waals surface area contributed by atoms with E-state index in [1.165, 1.54) is 0 Å². The zero-order valence-electron chi connectivity index (χ0n) is 18.7. The Hall–Kier alpha value is -3.31.